The first-order valence-corrected chi connectivity index (χ1v) is 17.1. The highest BCUT2D eigenvalue weighted by molar-refractivity contribution is 5.96. The number of carbonyl (C=O) groups excluding carboxylic acids is 4. The van der Waals surface area contributed by atoms with E-state index in [2.05, 4.69) is 26.3 Å². The van der Waals surface area contributed by atoms with Crippen molar-refractivity contribution in [3.05, 3.63) is 138 Å². The summed E-state index contributed by atoms with van der Waals surface area (Å²) in [7, 11) is 0. The molecule has 0 aliphatic rings. The summed E-state index contributed by atoms with van der Waals surface area (Å²) in [6.07, 6.45) is 1.78. The van der Waals surface area contributed by atoms with Crippen molar-refractivity contribution in [1.29, 1.82) is 0 Å². The Bertz CT molecular complexity index is 2020. The molecule has 0 spiro atoms. The lowest BCUT2D eigenvalue weighted by molar-refractivity contribution is -0.142. The Morgan fingerprint density at radius 3 is 1.57 bits per heavy atom. The zero-order chi connectivity index (χ0) is 37.7. The maximum absolute atomic E-state index is 14.2. The molecule has 5 rings (SSSR count). The largest absolute Gasteiger partial charge is 0.508 e. The maximum atomic E-state index is 14.2. The fourth-order valence-corrected chi connectivity index (χ4v) is 5.99. The van der Waals surface area contributed by atoms with Gasteiger partial charge in [0.25, 0.3) is 0 Å². The molecule has 0 saturated heterocycles. The Labute approximate surface area is 306 Å². The predicted octanol–water partition coefficient (Wildman–Crippen LogP) is 2.13. The molecule has 274 valence electrons. The van der Waals surface area contributed by atoms with Crippen LogP contribution in [-0.2, 0) is 49.7 Å². The number of phenolic OH excluding ortho intramolecular Hbond substituents is 1. The molecule has 0 unspecified atom stereocenters. The Kier molecular flexibility index (Phi) is 12.9. The van der Waals surface area contributed by atoms with Gasteiger partial charge >= 0.3 is 5.97 Å². The van der Waals surface area contributed by atoms with Gasteiger partial charge < -0.3 is 42.2 Å². The van der Waals surface area contributed by atoms with E-state index in [1.807, 2.05) is 30.3 Å². The molecule has 0 radical (unpaired) electrons. The average molecular weight is 719 g/mol. The summed E-state index contributed by atoms with van der Waals surface area (Å²) >= 11 is 0. The van der Waals surface area contributed by atoms with Crippen LogP contribution >= 0.6 is 0 Å². The predicted molar refractivity (Wildman–Crippen MR) is 199 cm³/mol. The molecule has 5 aromatic rings. The van der Waals surface area contributed by atoms with Gasteiger partial charge in [0.2, 0.25) is 23.6 Å². The van der Waals surface area contributed by atoms with E-state index in [4.69, 9.17) is 5.73 Å². The third-order valence-corrected chi connectivity index (χ3v) is 8.76. The van der Waals surface area contributed by atoms with Crippen LogP contribution in [0.5, 0.6) is 5.75 Å². The van der Waals surface area contributed by atoms with Gasteiger partial charge in [0.05, 0.1) is 6.54 Å². The monoisotopic (exact) mass is 718 g/mol. The lowest BCUT2D eigenvalue weighted by Gasteiger charge is -2.26. The summed E-state index contributed by atoms with van der Waals surface area (Å²) in [5.41, 5.74) is 9.08. The molecule has 9 N–H and O–H groups in total. The molecule has 0 bridgehead atoms. The highest BCUT2D eigenvalue weighted by Crippen LogP contribution is 2.20. The molecule has 4 aromatic carbocycles. The van der Waals surface area contributed by atoms with Gasteiger partial charge in [-0.1, -0.05) is 91.0 Å². The second-order valence-electron chi connectivity index (χ2n) is 12.7. The molecule has 13 nitrogen and oxygen atoms in total. The molecule has 0 saturated carbocycles. The van der Waals surface area contributed by atoms with Crippen LogP contribution in [0.15, 0.2) is 115 Å². The minimum atomic E-state index is -1.30. The number of carboxylic acids is 1. The fraction of sp³-hybridized carbons (Fsp3) is 0.225. The number of para-hydroxylation sites is 1. The Morgan fingerprint density at radius 2 is 1.02 bits per heavy atom. The van der Waals surface area contributed by atoms with Gasteiger partial charge in [-0.15, -0.1) is 0 Å². The summed E-state index contributed by atoms with van der Waals surface area (Å²) in [6, 6.07) is 26.4. The number of aromatic nitrogens is 1. The first kappa shape index (κ1) is 37.8. The van der Waals surface area contributed by atoms with E-state index in [0.29, 0.717) is 16.7 Å². The molecule has 4 amide bonds. The van der Waals surface area contributed by atoms with Crippen molar-refractivity contribution in [2.75, 3.05) is 6.54 Å². The van der Waals surface area contributed by atoms with Crippen LogP contribution in [0, 0.1) is 0 Å². The first-order valence-electron chi connectivity index (χ1n) is 17.1. The summed E-state index contributed by atoms with van der Waals surface area (Å²) in [6.45, 7) is -0.359. The number of H-pyrrole nitrogens is 1. The van der Waals surface area contributed by atoms with E-state index in [1.54, 1.807) is 72.9 Å². The molecule has 0 aliphatic heterocycles. The van der Waals surface area contributed by atoms with Gasteiger partial charge in [0, 0.05) is 42.8 Å². The zero-order valence-corrected chi connectivity index (χ0v) is 28.8. The Morgan fingerprint density at radius 1 is 0.566 bits per heavy atom. The lowest BCUT2D eigenvalue weighted by Crippen LogP contribution is -2.59. The number of aromatic hydroxyl groups is 1. The van der Waals surface area contributed by atoms with Crippen LogP contribution in [0.1, 0.15) is 22.3 Å². The van der Waals surface area contributed by atoms with Crippen LogP contribution in [0.2, 0.25) is 0 Å². The van der Waals surface area contributed by atoms with E-state index in [0.717, 1.165) is 16.5 Å². The van der Waals surface area contributed by atoms with Crippen LogP contribution in [0.4, 0.5) is 0 Å². The zero-order valence-electron chi connectivity index (χ0n) is 28.8. The van der Waals surface area contributed by atoms with Gasteiger partial charge in [-0.3, -0.25) is 19.2 Å². The molecule has 53 heavy (non-hydrogen) atoms. The number of carboxylic acid groups (broad SMARTS) is 1. The van der Waals surface area contributed by atoms with Gasteiger partial charge in [-0.25, -0.2) is 4.79 Å². The number of nitrogens with one attached hydrogen (secondary N) is 5. The number of amides is 4. The number of hydrogen-bond donors (Lipinski definition) is 8. The summed E-state index contributed by atoms with van der Waals surface area (Å²) in [4.78, 5) is 69.9. The highest BCUT2D eigenvalue weighted by atomic mass is 16.4. The van der Waals surface area contributed by atoms with Crippen molar-refractivity contribution in [1.82, 2.24) is 26.3 Å². The molecular weight excluding hydrogens is 676 g/mol. The lowest BCUT2D eigenvalue weighted by atomic mass is 10.00. The molecule has 4 atom stereocenters. The number of aliphatic carboxylic acids is 1. The fourth-order valence-electron chi connectivity index (χ4n) is 5.99. The van der Waals surface area contributed by atoms with Gasteiger partial charge in [-0.05, 0) is 40.5 Å². The second kappa shape index (κ2) is 18.1. The summed E-state index contributed by atoms with van der Waals surface area (Å²) in [5, 5.41) is 31.5. The SMILES string of the molecule is NCC(=O)N[C@H](Cc1ccccc1)C(=O)N[C@H](Cc1ccc(O)cc1)C(=O)N[C@H](Cc1c[nH]c2ccccc12)C(=O)N[C@H](Cc1ccccc1)C(=O)O. The Hall–Kier alpha value is -6.47. The maximum Gasteiger partial charge on any atom is 0.326 e. The minimum absolute atomic E-state index is 0.00478. The van der Waals surface area contributed by atoms with E-state index in [9.17, 15) is 34.2 Å². The smallest absolute Gasteiger partial charge is 0.326 e. The van der Waals surface area contributed by atoms with E-state index in [-0.39, 0.29) is 38.0 Å². The molecular formula is C40H42N6O7. The van der Waals surface area contributed by atoms with Crippen molar-refractivity contribution in [2.45, 2.75) is 49.9 Å². The van der Waals surface area contributed by atoms with Crippen molar-refractivity contribution in [3.8, 4) is 5.75 Å². The number of benzene rings is 4. The number of fused-ring (bicyclic) bond motifs is 1. The van der Waals surface area contributed by atoms with E-state index >= 15 is 0 Å². The third kappa shape index (κ3) is 10.8. The quantitative estimate of drug-likeness (QED) is 0.0711. The van der Waals surface area contributed by atoms with Gasteiger partial charge in [0.15, 0.2) is 0 Å². The first-order chi connectivity index (χ1) is 25.6. The second-order valence-corrected chi connectivity index (χ2v) is 12.7. The highest BCUT2D eigenvalue weighted by Gasteiger charge is 2.32. The number of nitrogens with two attached hydrogens (primary N) is 1. The van der Waals surface area contributed by atoms with Crippen molar-refractivity contribution < 1.29 is 34.2 Å². The number of phenols is 1. The van der Waals surface area contributed by atoms with E-state index < -0.39 is 53.8 Å². The summed E-state index contributed by atoms with van der Waals surface area (Å²) in [5.74, 6) is -3.95. The molecule has 0 aliphatic carbocycles. The molecule has 1 aromatic heterocycles. The number of carbonyl (C=O) groups is 5. The minimum Gasteiger partial charge on any atom is -0.508 e. The number of hydrogen-bond acceptors (Lipinski definition) is 7. The summed E-state index contributed by atoms with van der Waals surface area (Å²) < 4.78 is 0. The van der Waals surface area contributed by atoms with Crippen LogP contribution < -0.4 is 27.0 Å². The average Bonchev–Trinajstić information content (AvgIpc) is 3.57. The van der Waals surface area contributed by atoms with Crippen molar-refractivity contribution in [2.24, 2.45) is 5.73 Å². The third-order valence-electron chi connectivity index (χ3n) is 8.76. The van der Waals surface area contributed by atoms with Crippen molar-refractivity contribution in [3.63, 3.8) is 0 Å². The molecule has 13 heteroatoms. The standard InChI is InChI=1S/C40H42N6O7/c41-23-36(48)43-32(19-25-9-3-1-4-10-25)37(49)44-33(20-27-15-17-29(47)18-16-27)38(50)45-34(22-28-24-42-31-14-8-7-13-30(28)31)39(51)46-35(40(52)53)21-26-11-5-2-6-12-26/h1-18,24,32-35,42,47H,19-23,41H2,(H,43,48)(H,44,49)(H,45,50)(H,46,51)(H,52,53)/t32-,33-,34-,35-/m1/s1. The number of aromatic amines is 1. The van der Waals surface area contributed by atoms with Gasteiger partial charge in [0.1, 0.15) is 29.9 Å². The van der Waals surface area contributed by atoms with Gasteiger partial charge in [-0.2, -0.15) is 0 Å². The Balaban J connectivity index is 1.43. The van der Waals surface area contributed by atoms with Crippen LogP contribution in [0.25, 0.3) is 10.9 Å². The molecule has 0 fully saturated rings. The van der Waals surface area contributed by atoms with Crippen molar-refractivity contribution >= 4 is 40.5 Å². The normalized spacial score (nSPS) is 13.2. The molecule has 1 heterocycles. The topological polar surface area (TPSA) is 216 Å². The van der Waals surface area contributed by atoms with Crippen LogP contribution in [-0.4, -0.2) is 75.5 Å². The number of rotatable bonds is 17. The van der Waals surface area contributed by atoms with E-state index in [1.165, 1.54) is 12.1 Å². The van der Waals surface area contributed by atoms with Crippen LogP contribution in [0.3, 0.4) is 0 Å².